The lowest BCUT2D eigenvalue weighted by atomic mass is 10.2. The molecule has 1 saturated carbocycles. The van der Waals surface area contributed by atoms with Crippen molar-refractivity contribution < 1.29 is 18.7 Å². The van der Waals surface area contributed by atoms with Crippen molar-refractivity contribution >= 4 is 17.6 Å². The highest BCUT2D eigenvalue weighted by molar-refractivity contribution is 5.95. The molecule has 1 amide bonds. The number of nitrogens with one attached hydrogen (secondary N) is 1. The largest absolute Gasteiger partial charge is 0.461 e. The topological polar surface area (TPSA) is 81.4 Å². The highest BCUT2D eigenvalue weighted by Gasteiger charge is 2.23. The monoisotopic (exact) mass is 266 g/mol. The molecule has 0 spiro atoms. The van der Waals surface area contributed by atoms with E-state index in [2.05, 4.69) is 5.32 Å². The van der Waals surface area contributed by atoms with Gasteiger partial charge < -0.3 is 15.8 Å². The first-order valence-electron chi connectivity index (χ1n) is 6.08. The number of nitrogens with two attached hydrogens (primary N) is 1. The fourth-order valence-electron chi connectivity index (χ4n) is 1.56. The van der Waals surface area contributed by atoms with Gasteiger partial charge in [0.2, 0.25) is 5.91 Å². The van der Waals surface area contributed by atoms with E-state index in [4.69, 9.17) is 10.5 Å². The molecule has 0 bridgehead atoms. The van der Waals surface area contributed by atoms with Crippen molar-refractivity contribution in [2.75, 3.05) is 12.3 Å². The third kappa shape index (κ3) is 3.94. The molecule has 0 radical (unpaired) electrons. The fraction of sp³-hybridized carbons (Fsp3) is 0.385. The van der Waals surface area contributed by atoms with Gasteiger partial charge in [-0.15, -0.1) is 0 Å². The Morgan fingerprint density at radius 2 is 2.16 bits per heavy atom. The number of carbonyl (C=O) groups excluding carboxylic acids is 2. The van der Waals surface area contributed by atoms with Crippen molar-refractivity contribution in [3.8, 4) is 0 Å². The van der Waals surface area contributed by atoms with E-state index in [0.717, 1.165) is 25.0 Å². The van der Waals surface area contributed by atoms with Gasteiger partial charge in [-0.25, -0.2) is 9.18 Å². The average Bonchev–Trinajstić information content (AvgIpc) is 3.12. The molecule has 19 heavy (non-hydrogen) atoms. The molecule has 1 fully saturated rings. The van der Waals surface area contributed by atoms with Gasteiger partial charge in [0.1, 0.15) is 12.4 Å². The Labute approximate surface area is 109 Å². The summed E-state index contributed by atoms with van der Waals surface area (Å²) in [5, 5.41) is 2.78. The lowest BCUT2D eigenvalue weighted by molar-refractivity contribution is -0.121. The molecule has 0 heterocycles. The van der Waals surface area contributed by atoms with Crippen molar-refractivity contribution in [1.29, 1.82) is 0 Å². The minimum absolute atomic E-state index is 0.0196. The number of halogens is 1. The third-order valence-corrected chi connectivity index (χ3v) is 2.74. The van der Waals surface area contributed by atoms with Crippen LogP contribution in [0.3, 0.4) is 0 Å². The molecular weight excluding hydrogens is 251 g/mol. The van der Waals surface area contributed by atoms with Crippen LogP contribution in [0.2, 0.25) is 0 Å². The van der Waals surface area contributed by atoms with Gasteiger partial charge in [0.15, 0.2) is 0 Å². The van der Waals surface area contributed by atoms with Crippen LogP contribution in [0.25, 0.3) is 0 Å². The zero-order valence-electron chi connectivity index (χ0n) is 10.3. The van der Waals surface area contributed by atoms with Crippen molar-refractivity contribution in [2.45, 2.75) is 25.3 Å². The van der Waals surface area contributed by atoms with E-state index in [9.17, 15) is 14.0 Å². The Morgan fingerprint density at radius 1 is 1.42 bits per heavy atom. The summed E-state index contributed by atoms with van der Waals surface area (Å²) < 4.78 is 17.7. The smallest absolute Gasteiger partial charge is 0.340 e. The van der Waals surface area contributed by atoms with Gasteiger partial charge in [0, 0.05) is 11.7 Å². The first-order valence-corrected chi connectivity index (χ1v) is 6.08. The number of esters is 1. The van der Waals surface area contributed by atoms with Gasteiger partial charge in [0.05, 0.1) is 12.0 Å². The minimum Gasteiger partial charge on any atom is -0.461 e. The minimum atomic E-state index is -0.656. The van der Waals surface area contributed by atoms with Crippen LogP contribution in [0.15, 0.2) is 18.2 Å². The van der Waals surface area contributed by atoms with E-state index in [1.165, 1.54) is 6.07 Å². The first kappa shape index (κ1) is 13.3. The van der Waals surface area contributed by atoms with E-state index in [1.807, 2.05) is 0 Å². The molecule has 0 unspecified atom stereocenters. The molecule has 1 aliphatic rings. The molecule has 1 aromatic rings. The molecule has 1 aliphatic carbocycles. The van der Waals surface area contributed by atoms with Gasteiger partial charge in [-0.3, -0.25) is 4.79 Å². The van der Waals surface area contributed by atoms with E-state index in [-0.39, 0.29) is 36.2 Å². The van der Waals surface area contributed by atoms with Gasteiger partial charge in [-0.1, -0.05) is 0 Å². The maximum Gasteiger partial charge on any atom is 0.340 e. The van der Waals surface area contributed by atoms with Gasteiger partial charge in [-0.2, -0.15) is 0 Å². The van der Waals surface area contributed by atoms with E-state index < -0.39 is 11.8 Å². The number of carbonyl (C=O) groups is 2. The summed E-state index contributed by atoms with van der Waals surface area (Å²) in [6.07, 6.45) is 2.14. The molecule has 1 aromatic carbocycles. The van der Waals surface area contributed by atoms with Crippen LogP contribution in [0.5, 0.6) is 0 Å². The third-order valence-electron chi connectivity index (χ3n) is 2.74. The SMILES string of the molecule is Nc1cc(F)ccc1C(=O)OCCC(=O)NC1CC1. The molecule has 0 atom stereocenters. The number of hydrogen-bond acceptors (Lipinski definition) is 4. The number of nitrogen functional groups attached to an aromatic ring is 1. The molecular formula is C13H15FN2O3. The fourth-order valence-corrected chi connectivity index (χ4v) is 1.56. The van der Waals surface area contributed by atoms with Crippen LogP contribution < -0.4 is 11.1 Å². The Morgan fingerprint density at radius 3 is 2.79 bits per heavy atom. The Hall–Kier alpha value is -2.11. The van der Waals surface area contributed by atoms with Crippen LogP contribution in [0, 0.1) is 5.82 Å². The lowest BCUT2D eigenvalue weighted by Crippen LogP contribution is -2.26. The summed E-state index contributed by atoms with van der Waals surface area (Å²) in [6, 6.07) is 3.73. The van der Waals surface area contributed by atoms with E-state index in [1.54, 1.807) is 0 Å². The predicted molar refractivity (Wildman–Crippen MR) is 66.9 cm³/mol. The van der Waals surface area contributed by atoms with Crippen LogP contribution in [0.4, 0.5) is 10.1 Å². The Balaban J connectivity index is 1.78. The summed E-state index contributed by atoms with van der Waals surface area (Å²) in [4.78, 5) is 23.0. The lowest BCUT2D eigenvalue weighted by Gasteiger charge is -2.07. The van der Waals surface area contributed by atoms with Crippen LogP contribution >= 0.6 is 0 Å². The number of anilines is 1. The molecule has 0 saturated heterocycles. The summed E-state index contributed by atoms with van der Waals surface area (Å²) in [6.45, 7) is -0.0196. The van der Waals surface area contributed by atoms with Crippen molar-refractivity contribution in [3.05, 3.63) is 29.6 Å². The molecule has 3 N–H and O–H groups in total. The van der Waals surface area contributed by atoms with E-state index in [0.29, 0.717) is 0 Å². The number of hydrogen-bond donors (Lipinski definition) is 2. The molecule has 102 valence electrons. The van der Waals surface area contributed by atoms with Gasteiger partial charge >= 0.3 is 5.97 Å². The van der Waals surface area contributed by atoms with E-state index >= 15 is 0 Å². The molecule has 2 rings (SSSR count). The van der Waals surface area contributed by atoms with Gasteiger partial charge in [0.25, 0.3) is 0 Å². The van der Waals surface area contributed by atoms with Crippen molar-refractivity contribution in [1.82, 2.24) is 5.32 Å². The number of benzene rings is 1. The quantitative estimate of drug-likeness (QED) is 0.620. The molecule has 0 aliphatic heterocycles. The summed E-state index contributed by atoms with van der Waals surface area (Å²) in [5.74, 6) is -1.31. The Bertz CT molecular complexity index is 501. The molecule has 6 heteroatoms. The summed E-state index contributed by atoms with van der Waals surface area (Å²) in [5.41, 5.74) is 5.63. The number of amides is 1. The summed E-state index contributed by atoms with van der Waals surface area (Å²) >= 11 is 0. The van der Waals surface area contributed by atoms with Crippen LogP contribution in [0.1, 0.15) is 29.6 Å². The molecule has 5 nitrogen and oxygen atoms in total. The highest BCUT2D eigenvalue weighted by atomic mass is 19.1. The number of ether oxygens (including phenoxy) is 1. The second kappa shape index (κ2) is 5.69. The maximum absolute atomic E-state index is 12.8. The highest BCUT2D eigenvalue weighted by Crippen LogP contribution is 2.18. The first-order chi connectivity index (χ1) is 9.06. The summed E-state index contributed by atoms with van der Waals surface area (Å²) in [7, 11) is 0. The second-order valence-electron chi connectivity index (χ2n) is 4.46. The standard InChI is InChI=1S/C13H15FN2O3/c14-8-1-4-10(11(15)7-8)13(18)19-6-5-12(17)16-9-2-3-9/h1,4,7,9H,2-3,5-6,15H2,(H,16,17). The average molecular weight is 266 g/mol. The Kier molecular flexibility index (Phi) is 3.99. The molecule has 0 aromatic heterocycles. The zero-order valence-corrected chi connectivity index (χ0v) is 10.3. The zero-order chi connectivity index (χ0) is 13.8. The van der Waals surface area contributed by atoms with Crippen molar-refractivity contribution in [3.63, 3.8) is 0 Å². The van der Waals surface area contributed by atoms with Crippen LogP contribution in [-0.2, 0) is 9.53 Å². The van der Waals surface area contributed by atoms with Gasteiger partial charge in [-0.05, 0) is 31.0 Å². The van der Waals surface area contributed by atoms with Crippen LogP contribution in [-0.4, -0.2) is 24.5 Å². The predicted octanol–water partition coefficient (Wildman–Crippen LogP) is 1.23. The van der Waals surface area contributed by atoms with Crippen molar-refractivity contribution in [2.24, 2.45) is 0 Å². The normalized spacial score (nSPS) is 13.9. The maximum atomic E-state index is 12.8. The number of rotatable bonds is 5. The second-order valence-corrected chi connectivity index (χ2v) is 4.46.